The molecule has 0 saturated carbocycles. The molecule has 0 amide bonds. The molecule has 1 heterocycles. The zero-order valence-electron chi connectivity index (χ0n) is 14.5. The molecule has 24 heavy (non-hydrogen) atoms. The number of hydrogen-bond donors (Lipinski definition) is 2. The molecule has 1 fully saturated rings. The molecule has 0 aliphatic carbocycles. The van der Waals surface area contributed by atoms with E-state index < -0.39 is 0 Å². The molecule has 1 aliphatic rings. The Morgan fingerprint density at radius 1 is 1.25 bits per heavy atom. The first kappa shape index (κ1) is 18.5. The molecule has 0 radical (unpaired) electrons. The summed E-state index contributed by atoms with van der Waals surface area (Å²) in [5.41, 5.74) is 0.419. The van der Waals surface area contributed by atoms with Crippen molar-refractivity contribution in [3.63, 3.8) is 0 Å². The Hall–Kier alpha value is -1.83. The number of aliphatic hydroxyl groups is 1. The minimum atomic E-state index is -0.0730. The molecule has 2 rings (SSSR count). The van der Waals surface area contributed by atoms with E-state index in [1.54, 1.807) is 19.2 Å². The van der Waals surface area contributed by atoms with Crippen LogP contribution >= 0.6 is 0 Å². The van der Waals surface area contributed by atoms with Gasteiger partial charge in [-0.1, -0.05) is 0 Å². The molecule has 7 heteroatoms. The molecule has 1 aromatic rings. The fourth-order valence-corrected chi connectivity index (χ4v) is 2.99. The first-order valence-electron chi connectivity index (χ1n) is 8.03. The highest BCUT2D eigenvalue weighted by Crippen LogP contribution is 2.34. The summed E-state index contributed by atoms with van der Waals surface area (Å²) in [5.74, 6) is 1.37. The fourth-order valence-electron chi connectivity index (χ4n) is 2.99. The number of rotatable bonds is 8. The Labute approximate surface area is 142 Å². The Kier molecular flexibility index (Phi) is 6.84. The van der Waals surface area contributed by atoms with Crippen LogP contribution in [0.3, 0.4) is 0 Å². The molecule has 1 unspecified atom stereocenters. The first-order chi connectivity index (χ1) is 11.6. The molecule has 0 aromatic heterocycles. The van der Waals surface area contributed by atoms with Crippen LogP contribution in [-0.2, 0) is 0 Å². The second kappa shape index (κ2) is 8.86. The van der Waals surface area contributed by atoms with Gasteiger partial charge in [-0.3, -0.25) is 9.69 Å². The third-order valence-corrected chi connectivity index (χ3v) is 4.28. The van der Waals surface area contributed by atoms with Gasteiger partial charge in [0.1, 0.15) is 22.8 Å². The van der Waals surface area contributed by atoms with Gasteiger partial charge in [-0.25, -0.2) is 0 Å². The molecular formula is C17H26N2O5. The number of benzene rings is 1. The molecule has 0 spiro atoms. The van der Waals surface area contributed by atoms with Crippen LogP contribution in [0.15, 0.2) is 12.1 Å². The summed E-state index contributed by atoms with van der Waals surface area (Å²) < 4.78 is 15.9. The lowest BCUT2D eigenvalue weighted by atomic mass is 10.0. The zero-order valence-corrected chi connectivity index (χ0v) is 14.5. The summed E-state index contributed by atoms with van der Waals surface area (Å²) in [6.07, 6.45) is 0.636. The maximum absolute atomic E-state index is 12.9. The van der Waals surface area contributed by atoms with E-state index in [1.807, 2.05) is 0 Å². The predicted molar refractivity (Wildman–Crippen MR) is 90.4 cm³/mol. The number of methoxy groups -OCH3 is 3. The van der Waals surface area contributed by atoms with E-state index in [9.17, 15) is 9.90 Å². The fraction of sp³-hybridized carbons (Fsp3) is 0.588. The highest BCUT2D eigenvalue weighted by Gasteiger charge is 2.27. The van der Waals surface area contributed by atoms with Gasteiger partial charge in [0.2, 0.25) is 0 Å². The zero-order chi connectivity index (χ0) is 17.5. The summed E-state index contributed by atoms with van der Waals surface area (Å²) in [7, 11) is 4.59. The van der Waals surface area contributed by atoms with E-state index in [4.69, 9.17) is 14.2 Å². The number of nitrogens with one attached hydrogen (secondary N) is 1. The van der Waals surface area contributed by atoms with Gasteiger partial charge in [-0.2, -0.15) is 0 Å². The minimum Gasteiger partial charge on any atom is -0.496 e. The Balaban J connectivity index is 2.24. The molecule has 1 aromatic carbocycles. The largest absolute Gasteiger partial charge is 0.496 e. The van der Waals surface area contributed by atoms with Crippen LogP contribution in [0.4, 0.5) is 0 Å². The van der Waals surface area contributed by atoms with Crippen molar-refractivity contribution in [1.82, 2.24) is 10.2 Å². The number of ketones is 1. The van der Waals surface area contributed by atoms with Crippen molar-refractivity contribution < 1.29 is 24.1 Å². The maximum Gasteiger partial charge on any atom is 0.184 e. The van der Waals surface area contributed by atoms with Crippen molar-refractivity contribution >= 4 is 5.78 Å². The van der Waals surface area contributed by atoms with Crippen LogP contribution in [-0.4, -0.2) is 75.9 Å². The minimum absolute atomic E-state index is 0.0730. The SMILES string of the molecule is COc1cc(OC)c(C(=O)CN2CCNCC2CCO)c(OC)c1. The van der Waals surface area contributed by atoms with Gasteiger partial charge < -0.3 is 24.6 Å². The lowest BCUT2D eigenvalue weighted by Gasteiger charge is -2.35. The molecule has 134 valence electrons. The van der Waals surface area contributed by atoms with Crippen LogP contribution in [0.2, 0.25) is 0 Å². The predicted octanol–water partition coefficient (Wildman–Crippen LogP) is 0.551. The van der Waals surface area contributed by atoms with E-state index in [0.29, 0.717) is 29.2 Å². The summed E-state index contributed by atoms with van der Waals surface area (Å²) in [5, 5.41) is 12.5. The normalized spacial score (nSPS) is 18.2. The Morgan fingerprint density at radius 2 is 1.92 bits per heavy atom. The average molecular weight is 338 g/mol. The maximum atomic E-state index is 12.9. The van der Waals surface area contributed by atoms with E-state index in [2.05, 4.69) is 10.2 Å². The third-order valence-electron chi connectivity index (χ3n) is 4.28. The van der Waals surface area contributed by atoms with E-state index in [0.717, 1.165) is 19.6 Å². The highest BCUT2D eigenvalue weighted by atomic mass is 16.5. The second-order valence-corrected chi connectivity index (χ2v) is 5.67. The highest BCUT2D eigenvalue weighted by molar-refractivity contribution is 6.03. The average Bonchev–Trinajstić information content (AvgIpc) is 2.62. The van der Waals surface area contributed by atoms with E-state index in [-0.39, 0.29) is 25.0 Å². The lowest BCUT2D eigenvalue weighted by Crippen LogP contribution is -2.53. The molecule has 1 aliphatic heterocycles. The Morgan fingerprint density at radius 3 is 2.46 bits per heavy atom. The number of piperazine rings is 1. The van der Waals surface area contributed by atoms with Crippen molar-refractivity contribution in [2.45, 2.75) is 12.5 Å². The van der Waals surface area contributed by atoms with Gasteiger partial charge in [-0.15, -0.1) is 0 Å². The van der Waals surface area contributed by atoms with Crippen LogP contribution in [0.25, 0.3) is 0 Å². The smallest absolute Gasteiger partial charge is 0.184 e. The van der Waals surface area contributed by atoms with Crippen LogP contribution in [0, 0.1) is 0 Å². The summed E-state index contributed by atoms with van der Waals surface area (Å²) in [6.45, 7) is 2.71. The number of hydrogen-bond acceptors (Lipinski definition) is 7. The molecule has 7 nitrogen and oxygen atoms in total. The second-order valence-electron chi connectivity index (χ2n) is 5.67. The topological polar surface area (TPSA) is 80.3 Å². The number of Topliss-reactive ketones (excluding diaryl/α,β-unsaturated/α-hetero) is 1. The van der Waals surface area contributed by atoms with Crippen molar-refractivity contribution in [3.05, 3.63) is 17.7 Å². The monoisotopic (exact) mass is 338 g/mol. The lowest BCUT2D eigenvalue weighted by molar-refractivity contribution is 0.0820. The van der Waals surface area contributed by atoms with E-state index in [1.165, 1.54) is 14.2 Å². The standard InChI is InChI=1S/C17H26N2O5/c1-22-13-8-15(23-2)17(16(9-13)24-3)14(21)11-19-6-5-18-10-12(19)4-7-20/h8-9,12,18,20H,4-7,10-11H2,1-3H3. The van der Waals surface area contributed by atoms with E-state index >= 15 is 0 Å². The van der Waals surface area contributed by atoms with Crippen molar-refractivity contribution in [3.8, 4) is 17.2 Å². The summed E-state index contributed by atoms with van der Waals surface area (Å²) >= 11 is 0. The molecular weight excluding hydrogens is 312 g/mol. The van der Waals surface area contributed by atoms with Gasteiger partial charge in [0.05, 0.1) is 27.9 Å². The number of carbonyl (C=O) groups excluding carboxylic acids is 1. The molecule has 1 saturated heterocycles. The van der Waals surface area contributed by atoms with Crippen LogP contribution < -0.4 is 19.5 Å². The molecule has 2 N–H and O–H groups in total. The van der Waals surface area contributed by atoms with Crippen molar-refractivity contribution in [1.29, 1.82) is 0 Å². The van der Waals surface area contributed by atoms with Gasteiger partial charge in [-0.05, 0) is 6.42 Å². The number of aliphatic hydroxyl groups excluding tert-OH is 1. The Bertz CT molecular complexity index is 537. The number of ether oxygens (including phenoxy) is 3. The summed E-state index contributed by atoms with van der Waals surface area (Å²) in [4.78, 5) is 15.0. The molecule has 0 bridgehead atoms. The van der Waals surface area contributed by atoms with Crippen molar-refractivity contribution in [2.24, 2.45) is 0 Å². The number of carbonyl (C=O) groups is 1. The van der Waals surface area contributed by atoms with Gasteiger partial charge in [0.15, 0.2) is 5.78 Å². The van der Waals surface area contributed by atoms with Crippen LogP contribution in [0.1, 0.15) is 16.8 Å². The quantitative estimate of drug-likeness (QED) is 0.670. The third kappa shape index (κ3) is 4.17. The van der Waals surface area contributed by atoms with Crippen molar-refractivity contribution in [2.75, 3.05) is 54.1 Å². The van der Waals surface area contributed by atoms with Crippen LogP contribution in [0.5, 0.6) is 17.2 Å². The van der Waals surface area contributed by atoms with Gasteiger partial charge >= 0.3 is 0 Å². The van der Waals surface area contributed by atoms with Gasteiger partial charge in [0, 0.05) is 44.4 Å². The number of nitrogens with zero attached hydrogens (tertiary/aromatic N) is 1. The van der Waals surface area contributed by atoms with Gasteiger partial charge in [0.25, 0.3) is 0 Å². The molecule has 1 atom stereocenters. The first-order valence-corrected chi connectivity index (χ1v) is 8.03. The summed E-state index contributed by atoms with van der Waals surface area (Å²) in [6, 6.07) is 3.50.